The molecule has 1 aromatic rings. The van der Waals surface area contributed by atoms with Crippen LogP contribution in [0.3, 0.4) is 0 Å². The average Bonchev–Trinajstić information content (AvgIpc) is 2.67. The number of hydrogen-bond donors (Lipinski definition) is 0. The Kier molecular flexibility index (Phi) is 4.25. The minimum absolute atomic E-state index is 0.0253. The number of rotatable bonds is 4. The molecular weight excluding hydrogens is 342 g/mol. The predicted molar refractivity (Wildman–Crippen MR) is 99.4 cm³/mol. The largest absolute Gasteiger partial charge is 0.474 e. The number of hydrogen-bond acceptors (Lipinski definition) is 5. The molecule has 146 valence electrons. The Balaban J connectivity index is 1.20. The third-order valence-corrected chi connectivity index (χ3v) is 7.30. The van der Waals surface area contributed by atoms with Crippen LogP contribution in [0.25, 0.3) is 0 Å². The van der Waals surface area contributed by atoms with Gasteiger partial charge in [-0.15, -0.1) is 0 Å². The second-order valence-corrected chi connectivity index (χ2v) is 9.19. The van der Waals surface area contributed by atoms with Gasteiger partial charge in [-0.25, -0.2) is 4.98 Å². The van der Waals surface area contributed by atoms with Gasteiger partial charge in [0, 0.05) is 38.2 Å². The number of carbonyl (C=O) groups excluding carboxylic acids is 1. The van der Waals surface area contributed by atoms with Crippen molar-refractivity contribution in [1.82, 2.24) is 14.9 Å². The number of amides is 1. The first kappa shape index (κ1) is 17.3. The minimum atomic E-state index is -0.0253. The fraction of sp³-hybridized carbons (Fsp3) is 0.762. The highest BCUT2D eigenvalue weighted by Crippen LogP contribution is 2.60. The molecule has 0 N–H and O–H groups in total. The molecule has 0 aromatic carbocycles. The lowest BCUT2D eigenvalue weighted by atomic mass is 9.49. The summed E-state index contributed by atoms with van der Waals surface area (Å²) in [5, 5.41) is 0. The van der Waals surface area contributed by atoms with E-state index in [-0.39, 0.29) is 11.5 Å². The Morgan fingerprint density at radius 3 is 2.33 bits per heavy atom. The quantitative estimate of drug-likeness (QED) is 0.814. The maximum atomic E-state index is 13.4. The summed E-state index contributed by atoms with van der Waals surface area (Å²) in [6.45, 7) is 1.60. The molecule has 4 aliphatic carbocycles. The highest BCUT2D eigenvalue weighted by molar-refractivity contribution is 5.83. The van der Waals surface area contributed by atoms with E-state index in [0.29, 0.717) is 17.8 Å². The van der Waals surface area contributed by atoms with Crippen molar-refractivity contribution < 1.29 is 14.3 Å². The van der Waals surface area contributed by atoms with Crippen molar-refractivity contribution in [3.63, 3.8) is 0 Å². The van der Waals surface area contributed by atoms with E-state index in [1.165, 1.54) is 19.3 Å². The van der Waals surface area contributed by atoms with Crippen molar-refractivity contribution >= 4 is 5.91 Å². The van der Waals surface area contributed by atoms with Gasteiger partial charge in [-0.2, -0.15) is 4.98 Å². The van der Waals surface area contributed by atoms with E-state index in [1.807, 2.05) is 0 Å². The van der Waals surface area contributed by atoms with Crippen LogP contribution in [-0.4, -0.2) is 47.1 Å². The number of methoxy groups -OCH3 is 1. The molecule has 0 spiro atoms. The molecule has 1 aliphatic heterocycles. The molecule has 1 saturated heterocycles. The first-order chi connectivity index (χ1) is 13.1. The molecule has 1 aromatic heterocycles. The zero-order valence-corrected chi connectivity index (χ0v) is 16.1. The maximum Gasteiger partial charge on any atom is 0.319 e. The molecule has 6 rings (SSSR count). The van der Waals surface area contributed by atoms with Crippen LogP contribution in [0.1, 0.15) is 51.4 Å². The lowest BCUT2D eigenvalue weighted by Gasteiger charge is -2.57. The van der Waals surface area contributed by atoms with Crippen LogP contribution >= 0.6 is 0 Å². The van der Waals surface area contributed by atoms with E-state index in [1.54, 1.807) is 19.4 Å². The van der Waals surface area contributed by atoms with E-state index in [9.17, 15) is 4.79 Å². The first-order valence-electron chi connectivity index (χ1n) is 10.5. The molecule has 5 aliphatic rings. The Bertz CT molecular complexity index is 679. The molecule has 1 amide bonds. The number of nitrogens with zero attached hydrogens (tertiary/aromatic N) is 3. The van der Waals surface area contributed by atoms with Crippen molar-refractivity contribution in [3.8, 4) is 11.9 Å². The van der Waals surface area contributed by atoms with E-state index < -0.39 is 0 Å². The van der Waals surface area contributed by atoms with E-state index in [2.05, 4.69) is 14.9 Å². The van der Waals surface area contributed by atoms with Crippen LogP contribution in [0, 0.1) is 23.2 Å². The smallest absolute Gasteiger partial charge is 0.319 e. The molecule has 4 bridgehead atoms. The zero-order valence-electron chi connectivity index (χ0n) is 16.1. The second-order valence-electron chi connectivity index (χ2n) is 9.19. The summed E-state index contributed by atoms with van der Waals surface area (Å²) >= 11 is 0. The topological polar surface area (TPSA) is 64.6 Å². The van der Waals surface area contributed by atoms with E-state index in [0.717, 1.165) is 62.9 Å². The normalized spacial score (nSPS) is 35.3. The molecule has 6 heteroatoms. The number of likely N-dealkylation sites (tertiary alicyclic amines) is 1. The Hall–Kier alpha value is -1.85. The van der Waals surface area contributed by atoms with Crippen molar-refractivity contribution in [2.75, 3.05) is 20.2 Å². The van der Waals surface area contributed by atoms with Gasteiger partial charge >= 0.3 is 6.01 Å². The maximum absolute atomic E-state index is 13.4. The molecule has 4 saturated carbocycles. The van der Waals surface area contributed by atoms with E-state index in [4.69, 9.17) is 9.47 Å². The van der Waals surface area contributed by atoms with Crippen molar-refractivity contribution in [1.29, 1.82) is 0 Å². The van der Waals surface area contributed by atoms with Crippen LogP contribution < -0.4 is 9.47 Å². The fourth-order valence-electron chi connectivity index (χ4n) is 6.54. The predicted octanol–water partition coefficient (Wildman–Crippen LogP) is 3.07. The molecule has 2 heterocycles. The molecule has 5 fully saturated rings. The van der Waals surface area contributed by atoms with Gasteiger partial charge in [-0.1, -0.05) is 0 Å². The zero-order chi connectivity index (χ0) is 18.4. The lowest BCUT2D eigenvalue weighted by Crippen LogP contribution is -2.56. The highest BCUT2D eigenvalue weighted by Gasteiger charge is 2.55. The molecule has 27 heavy (non-hydrogen) atoms. The van der Waals surface area contributed by atoms with Gasteiger partial charge < -0.3 is 14.4 Å². The summed E-state index contributed by atoms with van der Waals surface area (Å²) < 4.78 is 11.1. The molecular formula is C21H29N3O3. The van der Waals surface area contributed by atoms with Crippen LogP contribution in [0.4, 0.5) is 0 Å². The summed E-state index contributed by atoms with van der Waals surface area (Å²) in [6, 6.07) is 2.08. The SMILES string of the molecule is COc1nccc(OC2CCN(C(=O)C34CC5CC(CC(C5)C3)C4)CC2)n1. The van der Waals surface area contributed by atoms with Crippen LogP contribution in [0.5, 0.6) is 11.9 Å². The summed E-state index contributed by atoms with van der Waals surface area (Å²) in [5.74, 6) is 3.44. The molecule has 6 nitrogen and oxygen atoms in total. The average molecular weight is 371 g/mol. The lowest BCUT2D eigenvalue weighted by molar-refractivity contribution is -0.159. The van der Waals surface area contributed by atoms with Crippen LogP contribution in [0.2, 0.25) is 0 Å². The summed E-state index contributed by atoms with van der Waals surface area (Å²) in [5.41, 5.74) is -0.0253. The summed E-state index contributed by atoms with van der Waals surface area (Å²) in [4.78, 5) is 23.8. The van der Waals surface area contributed by atoms with Crippen molar-refractivity contribution in [2.24, 2.45) is 23.2 Å². The van der Waals surface area contributed by atoms with Gasteiger partial charge in [-0.3, -0.25) is 4.79 Å². The number of carbonyl (C=O) groups is 1. The minimum Gasteiger partial charge on any atom is -0.474 e. The van der Waals surface area contributed by atoms with E-state index >= 15 is 0 Å². The third-order valence-electron chi connectivity index (χ3n) is 7.30. The van der Waals surface area contributed by atoms with Crippen LogP contribution in [0.15, 0.2) is 12.3 Å². The van der Waals surface area contributed by atoms with Gasteiger partial charge in [0.25, 0.3) is 0 Å². The fourth-order valence-corrected chi connectivity index (χ4v) is 6.54. The Morgan fingerprint density at radius 1 is 1.11 bits per heavy atom. The van der Waals surface area contributed by atoms with Crippen molar-refractivity contribution in [2.45, 2.75) is 57.5 Å². The number of aromatic nitrogens is 2. The molecule has 0 atom stereocenters. The highest BCUT2D eigenvalue weighted by atomic mass is 16.5. The summed E-state index contributed by atoms with van der Waals surface area (Å²) in [7, 11) is 1.55. The second kappa shape index (κ2) is 6.64. The van der Waals surface area contributed by atoms with Gasteiger partial charge in [0.2, 0.25) is 11.8 Å². The molecule has 0 unspecified atom stereocenters. The van der Waals surface area contributed by atoms with Crippen LogP contribution in [-0.2, 0) is 4.79 Å². The Labute approximate surface area is 160 Å². The number of piperidine rings is 1. The number of ether oxygens (including phenoxy) is 2. The van der Waals surface area contributed by atoms with Gasteiger partial charge in [0.05, 0.1) is 12.5 Å². The molecule has 0 radical (unpaired) electrons. The standard InChI is InChI=1S/C21H29N3O3/c1-26-20-22-5-2-18(23-20)27-17-3-6-24(7-4-17)19(25)21-11-14-8-15(12-21)10-16(9-14)13-21/h2,5,14-17H,3-4,6-13H2,1H3. The first-order valence-corrected chi connectivity index (χ1v) is 10.5. The van der Waals surface area contributed by atoms with Crippen molar-refractivity contribution in [3.05, 3.63) is 12.3 Å². The third kappa shape index (κ3) is 3.17. The monoisotopic (exact) mass is 371 g/mol. The Morgan fingerprint density at radius 2 is 1.74 bits per heavy atom. The summed E-state index contributed by atoms with van der Waals surface area (Å²) in [6.07, 6.45) is 11.1. The van der Waals surface area contributed by atoms with Gasteiger partial charge in [0.15, 0.2) is 0 Å². The van der Waals surface area contributed by atoms with Gasteiger partial charge in [-0.05, 0) is 56.3 Å². The van der Waals surface area contributed by atoms with Gasteiger partial charge in [0.1, 0.15) is 6.10 Å².